The first-order chi connectivity index (χ1) is 14.3. The lowest BCUT2D eigenvalue weighted by atomic mass is 9.98. The fraction of sp³-hybridized carbons (Fsp3) is 0.467. The minimum atomic E-state index is -2.13. The molecule has 0 aliphatic carbocycles. The first-order valence-corrected chi connectivity index (χ1v) is 8.30. The average molecular weight is 422 g/mol. The van der Waals surface area contributed by atoms with E-state index in [-0.39, 0.29) is 17.1 Å². The number of hydrogen-bond acceptors (Lipinski definition) is 9. The second kappa shape index (κ2) is 10.0. The van der Waals surface area contributed by atoms with E-state index in [1.165, 1.54) is 6.92 Å². The number of carbonyl (C=O) groups is 1. The number of nitro groups is 1. The first-order valence-electron chi connectivity index (χ1n) is 8.30. The Kier molecular flexibility index (Phi) is 7.47. The number of carbonyl (C=O) groups excluding carboxylic acids is 1. The molecule has 158 valence electrons. The van der Waals surface area contributed by atoms with E-state index in [1.54, 1.807) is 0 Å². The molecule has 1 aromatic carbocycles. The molecule has 1 saturated heterocycles. The lowest BCUT2D eigenvalue weighted by Crippen LogP contribution is -2.58. The molecule has 0 spiro atoms. The van der Waals surface area contributed by atoms with Gasteiger partial charge in [0.05, 0.1) is 17.0 Å². The standard InChI is InChI=1S/C15H15FN8O6/c1-7(17)28-15-12(21-23-19)11(16)13(10(29-15)6-20-22-18)30-14(25)8-2-4-9(5-3-8)24(26)27/h2-5,10-13,15,17H,6H2,1H3/t10-,11-,12-,13+,15?/m1/s1. The molecule has 30 heavy (non-hydrogen) atoms. The molecule has 1 heterocycles. The quantitative estimate of drug-likeness (QED) is 0.102. The summed E-state index contributed by atoms with van der Waals surface area (Å²) in [4.78, 5) is 27.5. The second-order valence-electron chi connectivity index (χ2n) is 5.94. The number of azide groups is 2. The largest absolute Gasteiger partial charge is 0.453 e. The molecule has 1 aromatic rings. The van der Waals surface area contributed by atoms with Crippen LogP contribution in [0.5, 0.6) is 0 Å². The van der Waals surface area contributed by atoms with Gasteiger partial charge in [-0.1, -0.05) is 10.2 Å². The van der Waals surface area contributed by atoms with Crippen LogP contribution in [0.15, 0.2) is 34.5 Å². The molecular weight excluding hydrogens is 407 g/mol. The van der Waals surface area contributed by atoms with Gasteiger partial charge in [-0.2, -0.15) is 0 Å². The fourth-order valence-electron chi connectivity index (χ4n) is 2.64. The zero-order chi connectivity index (χ0) is 22.3. The molecule has 0 aromatic heterocycles. The molecule has 0 radical (unpaired) electrons. The van der Waals surface area contributed by atoms with Crippen molar-refractivity contribution >= 4 is 17.6 Å². The van der Waals surface area contributed by atoms with Crippen molar-refractivity contribution < 1.29 is 28.3 Å². The van der Waals surface area contributed by atoms with Crippen LogP contribution < -0.4 is 0 Å². The van der Waals surface area contributed by atoms with E-state index < -0.39 is 48.1 Å². The van der Waals surface area contributed by atoms with Crippen molar-refractivity contribution in [1.82, 2.24) is 0 Å². The van der Waals surface area contributed by atoms with Crippen LogP contribution in [0.3, 0.4) is 0 Å². The molecule has 0 amide bonds. The van der Waals surface area contributed by atoms with Crippen LogP contribution in [0.1, 0.15) is 17.3 Å². The Morgan fingerprint density at radius 2 is 2.00 bits per heavy atom. The summed E-state index contributed by atoms with van der Waals surface area (Å²) in [7, 11) is 0. The monoisotopic (exact) mass is 422 g/mol. The molecule has 0 bridgehead atoms. The molecule has 15 heteroatoms. The molecule has 1 aliphatic heterocycles. The Labute approximate surface area is 167 Å². The van der Waals surface area contributed by atoms with Gasteiger partial charge in [0.15, 0.2) is 18.2 Å². The molecular formula is C15H15FN8O6. The van der Waals surface area contributed by atoms with E-state index in [1.807, 2.05) is 0 Å². The minimum absolute atomic E-state index is 0.107. The first kappa shape index (κ1) is 22.4. The number of rotatable bonds is 7. The van der Waals surface area contributed by atoms with E-state index in [0.29, 0.717) is 0 Å². The van der Waals surface area contributed by atoms with Gasteiger partial charge < -0.3 is 14.2 Å². The van der Waals surface area contributed by atoms with Crippen molar-refractivity contribution in [3.8, 4) is 0 Å². The summed E-state index contributed by atoms with van der Waals surface area (Å²) < 4.78 is 30.7. The average Bonchev–Trinajstić information content (AvgIpc) is 2.71. The van der Waals surface area contributed by atoms with Gasteiger partial charge in [0, 0.05) is 28.9 Å². The molecule has 1 N–H and O–H groups in total. The van der Waals surface area contributed by atoms with Gasteiger partial charge in [0.25, 0.3) is 5.69 Å². The van der Waals surface area contributed by atoms with Crippen LogP contribution in [-0.4, -0.2) is 54.0 Å². The van der Waals surface area contributed by atoms with Crippen molar-refractivity contribution in [2.45, 2.75) is 37.6 Å². The van der Waals surface area contributed by atoms with Crippen LogP contribution in [0.4, 0.5) is 10.1 Å². The van der Waals surface area contributed by atoms with Gasteiger partial charge in [-0.15, -0.1) is 0 Å². The Bertz CT molecular complexity index is 912. The van der Waals surface area contributed by atoms with E-state index in [4.69, 9.17) is 30.7 Å². The molecule has 1 fully saturated rings. The van der Waals surface area contributed by atoms with Crippen LogP contribution in [-0.2, 0) is 14.2 Å². The van der Waals surface area contributed by atoms with Gasteiger partial charge in [-0.3, -0.25) is 15.5 Å². The van der Waals surface area contributed by atoms with Crippen molar-refractivity contribution in [2.24, 2.45) is 10.2 Å². The van der Waals surface area contributed by atoms with Crippen LogP contribution in [0.2, 0.25) is 0 Å². The van der Waals surface area contributed by atoms with E-state index in [9.17, 15) is 14.9 Å². The minimum Gasteiger partial charge on any atom is -0.453 e. The number of alkyl halides is 1. The lowest BCUT2D eigenvalue weighted by molar-refractivity contribution is -0.384. The number of nitro benzene ring substituents is 1. The zero-order valence-electron chi connectivity index (χ0n) is 15.4. The molecule has 2 rings (SSSR count). The smallest absolute Gasteiger partial charge is 0.338 e. The van der Waals surface area contributed by atoms with Crippen molar-refractivity contribution in [2.75, 3.05) is 6.54 Å². The summed E-state index contributed by atoms with van der Waals surface area (Å²) >= 11 is 0. The Morgan fingerprint density at radius 3 is 2.53 bits per heavy atom. The molecule has 14 nitrogen and oxygen atoms in total. The van der Waals surface area contributed by atoms with Gasteiger partial charge in [-0.25, -0.2) is 9.18 Å². The Balaban J connectivity index is 2.29. The third-order valence-corrected chi connectivity index (χ3v) is 3.95. The molecule has 1 unspecified atom stereocenters. The van der Waals surface area contributed by atoms with Gasteiger partial charge in [-0.05, 0) is 23.2 Å². The third-order valence-electron chi connectivity index (χ3n) is 3.95. The van der Waals surface area contributed by atoms with Gasteiger partial charge in [0.2, 0.25) is 6.29 Å². The second-order valence-corrected chi connectivity index (χ2v) is 5.94. The number of esters is 1. The predicted octanol–water partition coefficient (Wildman–Crippen LogP) is 3.19. The van der Waals surface area contributed by atoms with Crippen LogP contribution in [0, 0.1) is 15.5 Å². The molecule has 0 saturated carbocycles. The number of ether oxygens (including phenoxy) is 3. The Morgan fingerprint density at radius 1 is 1.33 bits per heavy atom. The van der Waals surface area contributed by atoms with Crippen LogP contribution >= 0.6 is 0 Å². The Hall–Kier alpha value is -3.93. The number of benzene rings is 1. The van der Waals surface area contributed by atoms with E-state index >= 15 is 4.39 Å². The number of hydrogen-bond donors (Lipinski definition) is 1. The number of non-ortho nitro benzene ring substituents is 1. The highest BCUT2D eigenvalue weighted by molar-refractivity contribution is 5.89. The highest BCUT2D eigenvalue weighted by Gasteiger charge is 2.49. The number of nitrogens with zero attached hydrogens (tertiary/aromatic N) is 7. The van der Waals surface area contributed by atoms with Crippen molar-refractivity contribution in [3.63, 3.8) is 0 Å². The van der Waals surface area contributed by atoms with E-state index in [2.05, 4.69) is 20.1 Å². The summed E-state index contributed by atoms with van der Waals surface area (Å²) in [6, 6.07) is 2.77. The lowest BCUT2D eigenvalue weighted by Gasteiger charge is -2.40. The maximum absolute atomic E-state index is 15.1. The summed E-state index contributed by atoms with van der Waals surface area (Å²) in [5.74, 6) is -1.39. The van der Waals surface area contributed by atoms with Crippen LogP contribution in [0.25, 0.3) is 20.9 Å². The SMILES string of the molecule is CC(=N)OC1O[C@H](CN=[N+]=[N-])[C@H](OC(=O)c2ccc([N+](=O)[O-])cc2)[C@H](F)[C@H]1N=[N+]=[N-]. The highest BCUT2D eigenvalue weighted by Crippen LogP contribution is 2.30. The maximum atomic E-state index is 15.1. The number of halogens is 1. The predicted molar refractivity (Wildman–Crippen MR) is 97.3 cm³/mol. The topological polar surface area (TPSA) is 209 Å². The third kappa shape index (κ3) is 5.32. The van der Waals surface area contributed by atoms with Gasteiger partial charge in [0.1, 0.15) is 12.1 Å². The highest BCUT2D eigenvalue weighted by atomic mass is 19.1. The molecule has 5 atom stereocenters. The molecule has 1 aliphatic rings. The zero-order valence-corrected chi connectivity index (χ0v) is 15.4. The maximum Gasteiger partial charge on any atom is 0.338 e. The summed E-state index contributed by atoms with van der Waals surface area (Å²) in [5.41, 5.74) is 16.9. The van der Waals surface area contributed by atoms with E-state index in [0.717, 1.165) is 24.3 Å². The fourth-order valence-corrected chi connectivity index (χ4v) is 2.64. The van der Waals surface area contributed by atoms with Crippen molar-refractivity contribution in [1.29, 1.82) is 5.41 Å². The summed E-state index contributed by atoms with van der Waals surface area (Å²) in [6.07, 6.45) is -6.60. The normalized spacial score (nSPS) is 25.2. The van der Waals surface area contributed by atoms with Crippen molar-refractivity contribution in [3.05, 3.63) is 60.8 Å². The van der Waals surface area contributed by atoms with Gasteiger partial charge >= 0.3 is 5.97 Å². The summed E-state index contributed by atoms with van der Waals surface area (Å²) in [6.45, 7) is 0.794. The number of nitrogens with one attached hydrogen (secondary N) is 1. The summed E-state index contributed by atoms with van der Waals surface area (Å²) in [5, 5.41) is 24.6.